The highest BCUT2D eigenvalue weighted by atomic mass is 19.1. The summed E-state index contributed by atoms with van der Waals surface area (Å²) in [5, 5.41) is 2.86. The second-order valence-corrected chi connectivity index (χ2v) is 5.53. The van der Waals surface area contributed by atoms with E-state index in [4.69, 9.17) is 4.74 Å². The predicted octanol–water partition coefficient (Wildman–Crippen LogP) is 1.88. The van der Waals surface area contributed by atoms with Gasteiger partial charge in [-0.05, 0) is 25.1 Å². The van der Waals surface area contributed by atoms with E-state index >= 15 is 0 Å². The number of benzene rings is 2. The molecule has 0 saturated heterocycles. The van der Waals surface area contributed by atoms with Gasteiger partial charge in [0.05, 0.1) is 19.8 Å². The van der Waals surface area contributed by atoms with Crippen molar-refractivity contribution in [2.75, 3.05) is 19.5 Å². The number of quaternary nitrogens is 1. The standard InChI is InChI=1S/C18H21FN2O2/c1-13(21(2)12-14-8-4-5-9-15(14)19)18(22)20-16-10-6-7-11-17(16)23-3/h4-11,13H,12H2,1-3H3,(H,20,22)/p+1/t13-/m1/s1. The van der Waals surface area contributed by atoms with Gasteiger partial charge in [0.15, 0.2) is 6.04 Å². The number of likely N-dealkylation sites (N-methyl/N-ethyl adjacent to an activating group) is 1. The number of hydrogen-bond acceptors (Lipinski definition) is 2. The molecule has 0 aliphatic rings. The highest BCUT2D eigenvalue weighted by molar-refractivity contribution is 5.94. The van der Waals surface area contributed by atoms with Crippen LogP contribution in [0.15, 0.2) is 48.5 Å². The van der Waals surface area contributed by atoms with Gasteiger partial charge in [0.25, 0.3) is 5.91 Å². The number of halogens is 1. The van der Waals surface area contributed by atoms with Crippen LogP contribution in [0, 0.1) is 5.82 Å². The minimum Gasteiger partial charge on any atom is -0.495 e. The van der Waals surface area contributed by atoms with Crippen molar-refractivity contribution >= 4 is 11.6 Å². The fraction of sp³-hybridized carbons (Fsp3) is 0.278. The van der Waals surface area contributed by atoms with Crippen molar-refractivity contribution in [2.45, 2.75) is 19.5 Å². The van der Waals surface area contributed by atoms with Crippen LogP contribution in [0.2, 0.25) is 0 Å². The van der Waals surface area contributed by atoms with Gasteiger partial charge in [0, 0.05) is 5.56 Å². The van der Waals surface area contributed by atoms with Crippen LogP contribution in [-0.2, 0) is 11.3 Å². The molecule has 0 bridgehead atoms. The van der Waals surface area contributed by atoms with Gasteiger partial charge in [-0.1, -0.05) is 30.3 Å². The largest absolute Gasteiger partial charge is 0.495 e. The summed E-state index contributed by atoms with van der Waals surface area (Å²) in [7, 11) is 3.43. The van der Waals surface area contributed by atoms with Gasteiger partial charge in [0.1, 0.15) is 18.1 Å². The van der Waals surface area contributed by atoms with Crippen molar-refractivity contribution in [3.05, 3.63) is 59.9 Å². The summed E-state index contributed by atoms with van der Waals surface area (Å²) < 4.78 is 19.0. The monoisotopic (exact) mass is 317 g/mol. The zero-order valence-electron chi connectivity index (χ0n) is 13.6. The number of methoxy groups -OCH3 is 1. The molecule has 1 amide bonds. The zero-order chi connectivity index (χ0) is 16.8. The van der Waals surface area contributed by atoms with Crippen molar-refractivity contribution in [1.82, 2.24) is 0 Å². The topological polar surface area (TPSA) is 42.8 Å². The van der Waals surface area contributed by atoms with E-state index in [2.05, 4.69) is 5.32 Å². The van der Waals surface area contributed by atoms with Gasteiger partial charge >= 0.3 is 0 Å². The quantitative estimate of drug-likeness (QED) is 0.854. The maximum Gasteiger partial charge on any atom is 0.282 e. The number of hydrogen-bond donors (Lipinski definition) is 2. The van der Waals surface area contributed by atoms with E-state index in [1.165, 1.54) is 6.07 Å². The highest BCUT2D eigenvalue weighted by Gasteiger charge is 2.23. The molecule has 0 radical (unpaired) electrons. The smallest absolute Gasteiger partial charge is 0.282 e. The molecule has 0 aromatic heterocycles. The fourth-order valence-corrected chi connectivity index (χ4v) is 2.31. The van der Waals surface area contributed by atoms with Gasteiger partial charge in [-0.2, -0.15) is 0 Å². The van der Waals surface area contributed by atoms with Crippen LogP contribution >= 0.6 is 0 Å². The number of carbonyl (C=O) groups excluding carboxylic acids is 1. The van der Waals surface area contributed by atoms with Crippen LogP contribution in [-0.4, -0.2) is 26.1 Å². The highest BCUT2D eigenvalue weighted by Crippen LogP contribution is 2.22. The Morgan fingerprint density at radius 3 is 2.57 bits per heavy atom. The van der Waals surface area contributed by atoms with Crippen molar-refractivity contribution < 1.29 is 18.8 Å². The lowest BCUT2D eigenvalue weighted by atomic mass is 10.1. The molecular formula is C18H22FN2O2+. The van der Waals surface area contributed by atoms with Crippen LogP contribution in [0.25, 0.3) is 0 Å². The molecule has 2 N–H and O–H groups in total. The molecule has 0 aliphatic carbocycles. The van der Waals surface area contributed by atoms with Gasteiger partial charge in [-0.15, -0.1) is 0 Å². The Kier molecular flexibility index (Phi) is 5.71. The fourth-order valence-electron chi connectivity index (χ4n) is 2.31. The Hall–Kier alpha value is -2.40. The van der Waals surface area contributed by atoms with E-state index in [1.54, 1.807) is 37.4 Å². The third kappa shape index (κ3) is 4.29. The van der Waals surface area contributed by atoms with Gasteiger partial charge in [-0.3, -0.25) is 4.79 Å². The summed E-state index contributed by atoms with van der Waals surface area (Å²) in [6.45, 7) is 2.26. The van der Waals surface area contributed by atoms with E-state index in [0.29, 0.717) is 23.5 Å². The molecule has 0 fully saturated rings. The first-order valence-corrected chi connectivity index (χ1v) is 7.52. The maximum atomic E-state index is 13.7. The summed E-state index contributed by atoms with van der Waals surface area (Å²) in [5.41, 5.74) is 1.23. The number of amides is 1. The summed E-state index contributed by atoms with van der Waals surface area (Å²) >= 11 is 0. The van der Waals surface area contributed by atoms with Crippen LogP contribution in [0.3, 0.4) is 0 Å². The van der Waals surface area contributed by atoms with Crippen molar-refractivity contribution in [3.63, 3.8) is 0 Å². The number of carbonyl (C=O) groups is 1. The number of nitrogens with one attached hydrogen (secondary N) is 2. The van der Waals surface area contributed by atoms with Crippen LogP contribution in [0.1, 0.15) is 12.5 Å². The van der Waals surface area contributed by atoms with Crippen molar-refractivity contribution in [1.29, 1.82) is 0 Å². The third-order valence-electron chi connectivity index (χ3n) is 3.92. The van der Waals surface area contributed by atoms with Crippen molar-refractivity contribution in [3.8, 4) is 5.75 Å². The normalized spacial score (nSPS) is 13.2. The summed E-state index contributed by atoms with van der Waals surface area (Å²) in [4.78, 5) is 13.3. The van der Waals surface area contributed by atoms with Crippen molar-refractivity contribution in [2.24, 2.45) is 0 Å². The summed E-state index contributed by atoms with van der Waals surface area (Å²) in [6, 6.07) is 13.5. The number of ether oxygens (including phenoxy) is 1. The predicted molar refractivity (Wildman–Crippen MR) is 88.1 cm³/mol. The first kappa shape index (κ1) is 17.0. The second kappa shape index (κ2) is 7.74. The molecule has 4 nitrogen and oxygen atoms in total. The molecule has 0 aliphatic heterocycles. The lowest BCUT2D eigenvalue weighted by molar-refractivity contribution is -0.908. The van der Waals surface area contributed by atoms with Crippen LogP contribution in [0.4, 0.5) is 10.1 Å². The lowest BCUT2D eigenvalue weighted by Gasteiger charge is -2.21. The van der Waals surface area contributed by atoms with Crippen LogP contribution in [0.5, 0.6) is 5.75 Å². The molecule has 2 atom stereocenters. The molecule has 5 heteroatoms. The Morgan fingerprint density at radius 2 is 1.87 bits per heavy atom. The third-order valence-corrected chi connectivity index (χ3v) is 3.92. The minimum atomic E-state index is -0.334. The minimum absolute atomic E-state index is 0.136. The average molecular weight is 317 g/mol. The SMILES string of the molecule is COc1ccccc1NC(=O)[C@@H](C)[NH+](C)Cc1ccccc1F. The van der Waals surface area contributed by atoms with E-state index < -0.39 is 0 Å². The molecule has 2 rings (SSSR count). The molecule has 0 spiro atoms. The van der Waals surface area contributed by atoms with Gasteiger partial charge in [-0.25, -0.2) is 4.39 Å². The number of anilines is 1. The summed E-state index contributed by atoms with van der Waals surface area (Å²) in [5.74, 6) is 0.229. The molecule has 0 saturated carbocycles. The molecule has 0 heterocycles. The number of para-hydroxylation sites is 2. The molecular weight excluding hydrogens is 295 g/mol. The zero-order valence-corrected chi connectivity index (χ0v) is 13.6. The van der Waals surface area contributed by atoms with Crippen LogP contribution < -0.4 is 15.0 Å². The first-order valence-electron chi connectivity index (χ1n) is 7.52. The van der Waals surface area contributed by atoms with Gasteiger partial charge < -0.3 is 15.0 Å². The van der Waals surface area contributed by atoms with Gasteiger partial charge in [0.2, 0.25) is 0 Å². The lowest BCUT2D eigenvalue weighted by Crippen LogP contribution is -3.12. The molecule has 1 unspecified atom stereocenters. The Labute approximate surface area is 135 Å². The Bertz CT molecular complexity index is 676. The van der Waals surface area contributed by atoms with E-state index in [-0.39, 0.29) is 17.8 Å². The second-order valence-electron chi connectivity index (χ2n) is 5.53. The summed E-state index contributed by atoms with van der Waals surface area (Å²) in [6.07, 6.45) is 0. The van der Waals surface area contributed by atoms with E-state index in [0.717, 1.165) is 4.90 Å². The molecule has 2 aromatic carbocycles. The molecule has 122 valence electrons. The van der Waals surface area contributed by atoms with E-state index in [9.17, 15) is 9.18 Å². The maximum absolute atomic E-state index is 13.7. The Morgan fingerprint density at radius 1 is 1.22 bits per heavy atom. The Balaban J connectivity index is 2.03. The molecule has 23 heavy (non-hydrogen) atoms. The average Bonchev–Trinajstić information content (AvgIpc) is 2.56. The molecule has 2 aromatic rings. The van der Waals surface area contributed by atoms with E-state index in [1.807, 2.05) is 26.1 Å². The number of rotatable bonds is 6. The first-order chi connectivity index (χ1) is 11.0.